The van der Waals surface area contributed by atoms with Crippen molar-refractivity contribution < 1.29 is 23.2 Å². The molecule has 0 atom stereocenters. The molecule has 0 rings (SSSR count). The topological polar surface area (TPSA) is 69.7 Å². The van der Waals surface area contributed by atoms with Gasteiger partial charge in [-0.2, -0.15) is 0 Å². The molecule has 0 bridgehead atoms. The number of carbonyl (C=O) groups is 2. The smallest absolute Gasteiger partial charge is 0.310 e. The van der Waals surface area contributed by atoms with Crippen molar-refractivity contribution in [2.75, 3.05) is 13.2 Å². The minimum Gasteiger partial charge on any atom is -0.310 e. The average Bonchev–Trinajstić information content (AvgIpc) is 2.83. The van der Waals surface area contributed by atoms with Gasteiger partial charge in [0.25, 0.3) is 0 Å². The van der Waals surface area contributed by atoms with Gasteiger partial charge in [0.05, 0.1) is 13.2 Å². The fraction of sp³-hybridized carbons (Fsp3) is 0.588. The Hall–Kier alpha value is -2.07. The van der Waals surface area contributed by atoms with Gasteiger partial charge in [-0.25, -0.2) is 0 Å². The number of rotatable bonds is 22. The van der Waals surface area contributed by atoms with Gasteiger partial charge in [-0.1, -0.05) is 57.7 Å². The van der Waals surface area contributed by atoms with E-state index in [1.807, 2.05) is 13.8 Å². The van der Waals surface area contributed by atoms with Crippen molar-refractivity contribution in [1.29, 1.82) is 0 Å². The number of hydrogen-bond donors (Lipinski definition) is 0. The Morgan fingerprint density at radius 1 is 0.500 bits per heavy atom. The predicted octanol–water partition coefficient (Wildman–Crippen LogP) is 10.2. The van der Waals surface area contributed by atoms with E-state index in [-0.39, 0.29) is 37.6 Å². The Labute approximate surface area is 245 Å². The van der Waals surface area contributed by atoms with Gasteiger partial charge in [0.15, 0.2) is 11.6 Å². The lowest BCUT2D eigenvalue weighted by atomic mass is 10.1. The third-order valence-electron chi connectivity index (χ3n) is 6.20. The molecule has 0 unspecified atom stereocenters. The summed E-state index contributed by atoms with van der Waals surface area (Å²) in [5.74, 6) is -0.101. The number of hydrogen-bond acceptors (Lipinski definition) is 5. The first-order chi connectivity index (χ1) is 18.9. The molecule has 0 aliphatic rings. The van der Waals surface area contributed by atoms with Crippen LogP contribution >= 0.6 is 8.25 Å². The highest BCUT2D eigenvalue weighted by molar-refractivity contribution is 7.33. The van der Waals surface area contributed by atoms with Gasteiger partial charge >= 0.3 is 8.25 Å². The Bertz CT molecular complexity index is 906. The first kappa shape index (κ1) is 37.9. The number of allylic oxidation sites excluding steroid dienone is 12. The van der Waals surface area contributed by atoms with Gasteiger partial charge in [0.1, 0.15) is 0 Å². The molecule has 0 saturated carbocycles. The summed E-state index contributed by atoms with van der Waals surface area (Å²) >= 11 is 0. The Morgan fingerprint density at radius 2 is 0.825 bits per heavy atom. The second-order valence-corrected chi connectivity index (χ2v) is 12.3. The highest BCUT2D eigenvalue weighted by Crippen LogP contribution is 2.24. The Kier molecular flexibility index (Phi) is 22.4. The summed E-state index contributed by atoms with van der Waals surface area (Å²) in [7, 11) is -2.73. The monoisotopic (exact) mass is 574 g/mol. The van der Waals surface area contributed by atoms with Crippen LogP contribution in [0.3, 0.4) is 0 Å². The van der Waals surface area contributed by atoms with Crippen LogP contribution in [0.15, 0.2) is 69.9 Å². The van der Waals surface area contributed by atoms with Crippen molar-refractivity contribution >= 4 is 19.8 Å². The van der Waals surface area contributed by atoms with E-state index in [1.54, 1.807) is 12.2 Å². The van der Waals surface area contributed by atoms with Gasteiger partial charge in [-0.05, 0) is 119 Å². The van der Waals surface area contributed by atoms with Crippen LogP contribution in [-0.4, -0.2) is 24.8 Å². The highest BCUT2D eigenvalue weighted by atomic mass is 31.1. The van der Waals surface area contributed by atoms with E-state index in [0.29, 0.717) is 0 Å². The molecule has 0 saturated heterocycles. The highest BCUT2D eigenvalue weighted by Gasteiger charge is 2.06. The van der Waals surface area contributed by atoms with Crippen LogP contribution < -0.4 is 0 Å². The summed E-state index contributed by atoms with van der Waals surface area (Å²) < 4.78 is 22.3. The maximum atomic E-state index is 12.2. The van der Waals surface area contributed by atoms with Crippen LogP contribution in [0.5, 0.6) is 0 Å². The molecular formula is C34H55O5P. The molecule has 0 fully saturated rings. The van der Waals surface area contributed by atoms with Crippen LogP contribution in [-0.2, 0) is 23.2 Å². The molecule has 0 amide bonds. The van der Waals surface area contributed by atoms with Crippen LogP contribution in [0.1, 0.15) is 120 Å². The summed E-state index contributed by atoms with van der Waals surface area (Å²) in [6, 6.07) is 0. The van der Waals surface area contributed by atoms with Crippen LogP contribution in [0.2, 0.25) is 0 Å². The fourth-order valence-corrected chi connectivity index (χ4v) is 4.44. The lowest BCUT2D eigenvalue weighted by molar-refractivity contribution is -0.115. The molecule has 5 nitrogen and oxygen atoms in total. The fourth-order valence-electron chi connectivity index (χ4n) is 3.82. The molecule has 0 aromatic carbocycles. The summed E-state index contributed by atoms with van der Waals surface area (Å²) in [5, 5.41) is 0. The van der Waals surface area contributed by atoms with Gasteiger partial charge in [-0.3, -0.25) is 14.2 Å². The molecule has 0 aromatic rings. The minimum atomic E-state index is -2.73. The number of carbonyl (C=O) groups excluding carboxylic acids is 2. The maximum absolute atomic E-state index is 12.2. The van der Waals surface area contributed by atoms with Gasteiger partial charge in [-0.15, -0.1) is 0 Å². The molecule has 0 aromatic heterocycles. The van der Waals surface area contributed by atoms with E-state index in [0.717, 1.165) is 62.5 Å². The third kappa shape index (κ3) is 24.9. The molecule has 40 heavy (non-hydrogen) atoms. The molecule has 0 heterocycles. The standard InChI is InChI=1S/C34H55O5P/c1-27(2)13-9-15-29(5)17-11-19-31(7)25-33(35)21-23-38-40(37)39-24-22-34(36)26-32(8)20-12-18-30(6)16-10-14-28(3)4/h13-14,17-18,25-26,40H,9-12,15-16,19-24H2,1-8H3. The van der Waals surface area contributed by atoms with E-state index in [2.05, 4.69) is 65.8 Å². The van der Waals surface area contributed by atoms with E-state index in [9.17, 15) is 14.2 Å². The van der Waals surface area contributed by atoms with E-state index < -0.39 is 8.25 Å². The predicted molar refractivity (Wildman–Crippen MR) is 171 cm³/mol. The van der Waals surface area contributed by atoms with Gasteiger partial charge in [0, 0.05) is 12.8 Å². The lowest BCUT2D eigenvalue weighted by Crippen LogP contribution is -2.02. The SMILES string of the molecule is CC(C)=CCCC(C)=CCCC(C)=CC(=O)CCO[PH](=O)OCCC(=O)C=C(C)CCC=C(C)CCC=C(C)C. The van der Waals surface area contributed by atoms with Crippen LogP contribution in [0.4, 0.5) is 0 Å². The summed E-state index contributed by atoms with van der Waals surface area (Å²) in [6.45, 7) is 16.7. The molecule has 0 aliphatic carbocycles. The zero-order valence-electron chi connectivity index (χ0n) is 26.5. The van der Waals surface area contributed by atoms with Crippen molar-refractivity contribution in [2.45, 2.75) is 120 Å². The third-order valence-corrected chi connectivity index (χ3v) is 7.08. The zero-order chi connectivity index (χ0) is 30.3. The van der Waals surface area contributed by atoms with E-state index in [4.69, 9.17) is 9.05 Å². The van der Waals surface area contributed by atoms with Gasteiger partial charge < -0.3 is 9.05 Å². The Morgan fingerprint density at radius 3 is 1.18 bits per heavy atom. The second kappa shape index (κ2) is 23.6. The Balaban J connectivity index is 4.14. The molecule has 0 radical (unpaired) electrons. The summed E-state index contributed by atoms with van der Waals surface area (Å²) in [4.78, 5) is 24.3. The lowest BCUT2D eigenvalue weighted by Gasteiger charge is -2.05. The quantitative estimate of drug-likeness (QED) is 0.0731. The first-order valence-electron chi connectivity index (χ1n) is 14.7. The molecule has 0 N–H and O–H groups in total. The molecule has 6 heteroatoms. The van der Waals surface area contributed by atoms with Crippen molar-refractivity contribution in [1.82, 2.24) is 0 Å². The van der Waals surface area contributed by atoms with Crippen LogP contribution in [0.25, 0.3) is 0 Å². The molecular weight excluding hydrogens is 519 g/mol. The van der Waals surface area contributed by atoms with E-state index in [1.165, 1.54) is 22.3 Å². The summed E-state index contributed by atoms with van der Waals surface area (Å²) in [5.41, 5.74) is 7.47. The van der Waals surface area contributed by atoms with E-state index >= 15 is 0 Å². The second-order valence-electron chi connectivity index (χ2n) is 11.2. The number of ketones is 2. The maximum Gasteiger partial charge on any atom is 0.319 e. The van der Waals surface area contributed by atoms with Crippen molar-refractivity contribution in [3.05, 3.63) is 69.9 Å². The van der Waals surface area contributed by atoms with Crippen molar-refractivity contribution in [3.8, 4) is 0 Å². The normalized spacial score (nSPS) is 13.7. The average molecular weight is 575 g/mol. The van der Waals surface area contributed by atoms with Crippen molar-refractivity contribution in [2.24, 2.45) is 0 Å². The molecule has 226 valence electrons. The molecule has 0 aliphatic heterocycles. The largest absolute Gasteiger partial charge is 0.319 e. The molecule has 0 spiro atoms. The van der Waals surface area contributed by atoms with Crippen molar-refractivity contribution in [3.63, 3.8) is 0 Å². The van der Waals surface area contributed by atoms with Gasteiger partial charge in [0.2, 0.25) is 0 Å². The summed E-state index contributed by atoms with van der Waals surface area (Å²) in [6.07, 6.45) is 20.3. The minimum absolute atomic E-state index is 0.0397. The zero-order valence-corrected chi connectivity index (χ0v) is 27.5. The van der Waals surface area contributed by atoms with Crippen LogP contribution in [0, 0.1) is 0 Å². The first-order valence-corrected chi connectivity index (χ1v) is 15.9.